The Labute approximate surface area is 146 Å². The molecule has 7 heteroatoms. The molecule has 1 aromatic carbocycles. The molecule has 0 aliphatic carbocycles. The molecule has 0 radical (unpaired) electrons. The second-order valence-corrected chi connectivity index (χ2v) is 6.30. The number of hydrogen-bond donors (Lipinski definition) is 2. The first kappa shape index (κ1) is 17.0. The van der Waals surface area contributed by atoms with Crippen LogP contribution in [0.1, 0.15) is 30.1 Å². The van der Waals surface area contributed by atoms with Crippen LogP contribution in [0.4, 0.5) is 4.79 Å². The summed E-state index contributed by atoms with van der Waals surface area (Å²) in [5.41, 5.74) is 6.25. The maximum atomic E-state index is 12.2. The molecule has 3 amide bonds. The maximum absolute atomic E-state index is 12.2. The highest BCUT2D eigenvalue weighted by molar-refractivity contribution is 5.83. The minimum Gasteiger partial charge on any atom is -0.352 e. The summed E-state index contributed by atoms with van der Waals surface area (Å²) in [4.78, 5) is 29.3. The fourth-order valence-electron chi connectivity index (χ4n) is 3.28. The molecular formula is C18H23N5O2. The highest BCUT2D eigenvalue weighted by Gasteiger charge is 2.27. The van der Waals surface area contributed by atoms with E-state index >= 15 is 0 Å². The lowest BCUT2D eigenvalue weighted by Crippen LogP contribution is -2.45. The molecule has 2 heterocycles. The van der Waals surface area contributed by atoms with Crippen molar-refractivity contribution in [1.82, 2.24) is 19.8 Å². The van der Waals surface area contributed by atoms with E-state index in [1.54, 1.807) is 4.90 Å². The molecule has 3 rings (SSSR count). The molecule has 1 atom stereocenters. The van der Waals surface area contributed by atoms with Gasteiger partial charge in [0.1, 0.15) is 5.82 Å². The number of carbonyl (C=O) groups excluding carboxylic acids is 2. The molecule has 3 N–H and O–H groups in total. The Balaban J connectivity index is 1.67. The smallest absolute Gasteiger partial charge is 0.312 e. The summed E-state index contributed by atoms with van der Waals surface area (Å²) in [6.07, 6.45) is 5.72. The largest absolute Gasteiger partial charge is 0.352 e. The van der Waals surface area contributed by atoms with Crippen molar-refractivity contribution in [2.75, 3.05) is 19.6 Å². The Morgan fingerprint density at radius 3 is 2.84 bits per heavy atom. The van der Waals surface area contributed by atoms with Crippen LogP contribution in [-0.2, 0) is 11.3 Å². The van der Waals surface area contributed by atoms with Crippen molar-refractivity contribution in [2.24, 2.45) is 5.73 Å². The van der Waals surface area contributed by atoms with E-state index in [1.165, 1.54) is 5.56 Å². The maximum Gasteiger partial charge on any atom is 0.312 e. The summed E-state index contributed by atoms with van der Waals surface area (Å²) >= 11 is 0. The highest BCUT2D eigenvalue weighted by Crippen LogP contribution is 2.26. The fraction of sp³-hybridized carbons (Fsp3) is 0.389. The second kappa shape index (κ2) is 7.83. The van der Waals surface area contributed by atoms with Gasteiger partial charge in [0.15, 0.2) is 0 Å². The third kappa shape index (κ3) is 4.37. The summed E-state index contributed by atoms with van der Waals surface area (Å²) in [5, 5.41) is 2.36. The Hall–Kier alpha value is -2.83. The normalized spacial score (nSPS) is 17.3. The summed E-state index contributed by atoms with van der Waals surface area (Å²) < 4.78 is 2.15. The molecule has 0 bridgehead atoms. The number of urea groups is 1. The molecule has 25 heavy (non-hydrogen) atoms. The van der Waals surface area contributed by atoms with Crippen LogP contribution in [0.5, 0.6) is 0 Å². The van der Waals surface area contributed by atoms with E-state index in [1.807, 2.05) is 30.6 Å². The van der Waals surface area contributed by atoms with Gasteiger partial charge in [0.2, 0.25) is 5.91 Å². The predicted octanol–water partition coefficient (Wildman–Crippen LogP) is 1.31. The van der Waals surface area contributed by atoms with Gasteiger partial charge in [0.25, 0.3) is 0 Å². The Bertz CT molecular complexity index is 728. The number of nitrogens with zero attached hydrogens (tertiary/aromatic N) is 3. The van der Waals surface area contributed by atoms with Crippen LogP contribution < -0.4 is 11.1 Å². The lowest BCUT2D eigenvalue weighted by Gasteiger charge is -2.32. The van der Waals surface area contributed by atoms with Crippen molar-refractivity contribution < 1.29 is 9.59 Å². The quantitative estimate of drug-likeness (QED) is 0.858. The van der Waals surface area contributed by atoms with Crippen molar-refractivity contribution in [1.29, 1.82) is 0 Å². The zero-order valence-electron chi connectivity index (χ0n) is 14.1. The van der Waals surface area contributed by atoms with Gasteiger partial charge < -0.3 is 20.5 Å². The summed E-state index contributed by atoms with van der Waals surface area (Å²) in [6, 6.07) is 9.56. The number of imidazole rings is 1. The second-order valence-electron chi connectivity index (χ2n) is 6.30. The minimum absolute atomic E-state index is 0.0551. The van der Waals surface area contributed by atoms with Gasteiger partial charge >= 0.3 is 6.03 Å². The lowest BCUT2D eigenvalue weighted by molar-refractivity contribution is -0.131. The first-order valence-corrected chi connectivity index (χ1v) is 8.49. The van der Waals surface area contributed by atoms with Gasteiger partial charge in [0.05, 0.1) is 6.54 Å². The number of piperidine rings is 1. The third-order valence-electron chi connectivity index (χ3n) is 4.50. The summed E-state index contributed by atoms with van der Waals surface area (Å²) in [6.45, 7) is 2.03. The van der Waals surface area contributed by atoms with Crippen molar-refractivity contribution in [2.45, 2.75) is 25.3 Å². The number of likely N-dealkylation sites (tertiary alicyclic amines) is 1. The van der Waals surface area contributed by atoms with E-state index in [0.717, 1.165) is 25.2 Å². The number of amides is 3. The molecule has 0 unspecified atom stereocenters. The molecule has 7 nitrogen and oxygen atoms in total. The van der Waals surface area contributed by atoms with Gasteiger partial charge in [-0.2, -0.15) is 0 Å². The SMILES string of the molecule is NC(=O)NCC(=O)N1CCC[C@H](c2nccn2Cc2ccccc2)C1. The van der Waals surface area contributed by atoms with E-state index in [-0.39, 0.29) is 18.4 Å². The number of carbonyl (C=O) groups is 2. The van der Waals surface area contributed by atoms with Crippen LogP contribution in [0.15, 0.2) is 42.7 Å². The minimum atomic E-state index is -0.680. The van der Waals surface area contributed by atoms with Crippen molar-refractivity contribution in [3.05, 3.63) is 54.1 Å². The number of benzene rings is 1. The number of primary amides is 1. The number of nitrogens with one attached hydrogen (secondary N) is 1. The first-order valence-electron chi connectivity index (χ1n) is 8.49. The molecule has 1 fully saturated rings. The molecule has 0 spiro atoms. The van der Waals surface area contributed by atoms with Crippen LogP contribution in [0.3, 0.4) is 0 Å². The van der Waals surface area contributed by atoms with E-state index < -0.39 is 6.03 Å². The molecular weight excluding hydrogens is 318 g/mol. The number of rotatable bonds is 5. The summed E-state index contributed by atoms with van der Waals surface area (Å²) in [7, 11) is 0. The van der Waals surface area contributed by atoms with Gasteiger partial charge in [-0.25, -0.2) is 9.78 Å². The zero-order chi connectivity index (χ0) is 17.6. The van der Waals surface area contributed by atoms with Crippen molar-refractivity contribution >= 4 is 11.9 Å². The van der Waals surface area contributed by atoms with Gasteiger partial charge in [-0.1, -0.05) is 30.3 Å². The van der Waals surface area contributed by atoms with E-state index in [0.29, 0.717) is 13.1 Å². The molecule has 1 aliphatic rings. The van der Waals surface area contributed by atoms with Crippen LogP contribution in [0.2, 0.25) is 0 Å². The predicted molar refractivity (Wildman–Crippen MR) is 93.9 cm³/mol. The van der Waals surface area contributed by atoms with Gasteiger partial charge in [-0.15, -0.1) is 0 Å². The molecule has 1 aliphatic heterocycles. The molecule has 2 aromatic rings. The topological polar surface area (TPSA) is 93.2 Å². The summed E-state index contributed by atoms with van der Waals surface area (Å²) in [5.74, 6) is 1.10. The molecule has 132 valence electrons. The Morgan fingerprint density at radius 2 is 2.08 bits per heavy atom. The first-order chi connectivity index (χ1) is 12.1. The Morgan fingerprint density at radius 1 is 1.28 bits per heavy atom. The van der Waals surface area contributed by atoms with Crippen LogP contribution in [0, 0.1) is 0 Å². The average molecular weight is 341 g/mol. The van der Waals surface area contributed by atoms with E-state index in [4.69, 9.17) is 5.73 Å². The number of hydrogen-bond acceptors (Lipinski definition) is 3. The van der Waals surface area contributed by atoms with Crippen LogP contribution >= 0.6 is 0 Å². The van der Waals surface area contributed by atoms with Gasteiger partial charge in [-0.05, 0) is 18.4 Å². The standard InChI is InChI=1S/C18H23N5O2/c19-18(25)21-11-16(24)22-9-4-7-15(13-22)17-20-8-10-23(17)12-14-5-2-1-3-6-14/h1-3,5-6,8,10,15H,4,7,9,11-13H2,(H3,19,21,25)/t15-/m0/s1. The third-order valence-corrected chi connectivity index (χ3v) is 4.50. The average Bonchev–Trinajstić information content (AvgIpc) is 3.08. The lowest BCUT2D eigenvalue weighted by atomic mass is 9.97. The van der Waals surface area contributed by atoms with Gasteiger partial charge in [-0.3, -0.25) is 4.79 Å². The Kier molecular flexibility index (Phi) is 5.33. The van der Waals surface area contributed by atoms with Crippen molar-refractivity contribution in [3.63, 3.8) is 0 Å². The molecule has 1 saturated heterocycles. The van der Waals surface area contributed by atoms with Gasteiger partial charge in [0, 0.05) is 37.9 Å². The zero-order valence-corrected chi connectivity index (χ0v) is 14.1. The van der Waals surface area contributed by atoms with Crippen LogP contribution in [0.25, 0.3) is 0 Å². The molecule has 0 saturated carbocycles. The van der Waals surface area contributed by atoms with Crippen LogP contribution in [-0.4, -0.2) is 46.0 Å². The van der Waals surface area contributed by atoms with E-state index in [2.05, 4.69) is 27.0 Å². The van der Waals surface area contributed by atoms with E-state index in [9.17, 15) is 9.59 Å². The number of aromatic nitrogens is 2. The van der Waals surface area contributed by atoms with Crippen molar-refractivity contribution in [3.8, 4) is 0 Å². The highest BCUT2D eigenvalue weighted by atomic mass is 16.2. The fourth-order valence-corrected chi connectivity index (χ4v) is 3.28. The monoisotopic (exact) mass is 341 g/mol. The number of nitrogens with two attached hydrogens (primary N) is 1. The molecule has 1 aromatic heterocycles.